The first kappa shape index (κ1) is 12.1. The zero-order valence-corrected chi connectivity index (χ0v) is 11.7. The van der Waals surface area contributed by atoms with Gasteiger partial charge in [0.25, 0.3) is 0 Å². The molecule has 5 nitrogen and oxygen atoms in total. The molecule has 0 spiro atoms. The standard InChI is InChI=1S/C15H20N4O/c1-20-13-2-3-16-15(17-13)19-18-14-11-5-9-4-10(7-11)8-12(14)6-9/h2-3,9-12H,4-8H2,1H3,(H,16,17,19). The summed E-state index contributed by atoms with van der Waals surface area (Å²) in [7, 11) is 1.61. The summed E-state index contributed by atoms with van der Waals surface area (Å²) in [6.07, 6.45) is 8.51. The molecule has 0 aromatic carbocycles. The highest BCUT2D eigenvalue weighted by Crippen LogP contribution is 2.52. The Morgan fingerprint density at radius 3 is 2.50 bits per heavy atom. The Morgan fingerprint density at radius 1 is 1.15 bits per heavy atom. The van der Waals surface area contributed by atoms with Crippen LogP contribution in [0.15, 0.2) is 17.4 Å². The van der Waals surface area contributed by atoms with E-state index in [-0.39, 0.29) is 0 Å². The van der Waals surface area contributed by atoms with Crippen molar-refractivity contribution in [3.05, 3.63) is 12.3 Å². The Bertz CT molecular complexity index is 512. The molecule has 20 heavy (non-hydrogen) atoms. The Balaban J connectivity index is 1.52. The molecule has 4 aliphatic carbocycles. The summed E-state index contributed by atoms with van der Waals surface area (Å²) >= 11 is 0. The molecule has 4 saturated carbocycles. The lowest BCUT2D eigenvalue weighted by Gasteiger charge is -2.50. The summed E-state index contributed by atoms with van der Waals surface area (Å²) < 4.78 is 5.10. The zero-order valence-electron chi connectivity index (χ0n) is 11.7. The monoisotopic (exact) mass is 272 g/mol. The van der Waals surface area contributed by atoms with Gasteiger partial charge in [0, 0.05) is 18.0 Å². The zero-order chi connectivity index (χ0) is 13.5. The van der Waals surface area contributed by atoms with E-state index in [1.807, 2.05) is 0 Å². The smallest absolute Gasteiger partial charge is 0.246 e. The largest absolute Gasteiger partial charge is 0.481 e. The topological polar surface area (TPSA) is 59.4 Å². The molecule has 1 aromatic heterocycles. The molecule has 5 rings (SSSR count). The normalized spacial score (nSPS) is 34.1. The van der Waals surface area contributed by atoms with E-state index in [0.717, 1.165) is 11.8 Å². The van der Waals surface area contributed by atoms with Gasteiger partial charge in [-0.25, -0.2) is 10.4 Å². The van der Waals surface area contributed by atoms with Gasteiger partial charge in [0.1, 0.15) is 0 Å². The minimum Gasteiger partial charge on any atom is -0.481 e. The van der Waals surface area contributed by atoms with Gasteiger partial charge in [0.05, 0.1) is 7.11 Å². The van der Waals surface area contributed by atoms with Crippen LogP contribution in [0.3, 0.4) is 0 Å². The number of ether oxygens (including phenoxy) is 1. The molecule has 4 aliphatic rings. The summed E-state index contributed by atoms with van der Waals surface area (Å²) in [5.41, 5.74) is 4.40. The van der Waals surface area contributed by atoms with E-state index in [4.69, 9.17) is 4.74 Å². The number of nitrogens with zero attached hydrogens (tertiary/aromatic N) is 3. The Morgan fingerprint density at radius 2 is 1.85 bits per heavy atom. The van der Waals surface area contributed by atoms with Crippen molar-refractivity contribution in [3.8, 4) is 5.88 Å². The Kier molecular flexibility index (Phi) is 2.86. The van der Waals surface area contributed by atoms with Gasteiger partial charge >= 0.3 is 0 Å². The molecule has 0 unspecified atom stereocenters. The van der Waals surface area contributed by atoms with Crippen LogP contribution < -0.4 is 10.2 Å². The van der Waals surface area contributed by atoms with E-state index in [0.29, 0.717) is 23.7 Å². The van der Waals surface area contributed by atoms with Crippen molar-refractivity contribution in [2.75, 3.05) is 12.5 Å². The fraction of sp³-hybridized carbons (Fsp3) is 0.667. The van der Waals surface area contributed by atoms with Gasteiger partial charge in [-0.15, -0.1) is 0 Å². The molecule has 5 heteroatoms. The van der Waals surface area contributed by atoms with Crippen LogP contribution in [0.25, 0.3) is 0 Å². The minimum atomic E-state index is 0.519. The number of hydrogen-bond donors (Lipinski definition) is 1. The molecule has 0 atom stereocenters. The highest BCUT2D eigenvalue weighted by molar-refractivity contribution is 5.91. The number of anilines is 1. The van der Waals surface area contributed by atoms with Gasteiger partial charge in [0.2, 0.25) is 11.8 Å². The molecule has 4 fully saturated rings. The molecule has 4 bridgehead atoms. The van der Waals surface area contributed by atoms with Crippen LogP contribution in [-0.2, 0) is 0 Å². The highest BCUT2D eigenvalue weighted by Gasteiger charge is 2.46. The third-order valence-corrected chi connectivity index (χ3v) is 5.10. The van der Waals surface area contributed by atoms with Gasteiger partial charge in [-0.1, -0.05) is 0 Å². The van der Waals surface area contributed by atoms with Gasteiger partial charge in [-0.3, -0.25) is 0 Å². The van der Waals surface area contributed by atoms with Gasteiger partial charge < -0.3 is 4.74 Å². The van der Waals surface area contributed by atoms with Crippen LogP contribution >= 0.6 is 0 Å². The minimum absolute atomic E-state index is 0.519. The van der Waals surface area contributed by atoms with Crippen LogP contribution in [0.2, 0.25) is 0 Å². The molecular weight excluding hydrogens is 252 g/mol. The third kappa shape index (κ3) is 2.05. The first-order chi connectivity index (χ1) is 9.81. The molecule has 1 aromatic rings. The lowest BCUT2D eigenvalue weighted by atomic mass is 9.55. The summed E-state index contributed by atoms with van der Waals surface area (Å²) in [5.74, 6) is 4.40. The van der Waals surface area contributed by atoms with Crippen LogP contribution in [0, 0.1) is 23.7 Å². The SMILES string of the molecule is COc1ccnc(NN=C2C3CC4CC(C3)CC2C4)n1. The van der Waals surface area contributed by atoms with E-state index in [2.05, 4.69) is 20.5 Å². The second-order valence-electron chi connectivity index (χ2n) is 6.38. The molecule has 0 aliphatic heterocycles. The second kappa shape index (κ2) is 4.72. The molecule has 0 saturated heterocycles. The van der Waals surface area contributed by atoms with Crippen molar-refractivity contribution >= 4 is 11.7 Å². The maximum absolute atomic E-state index is 5.10. The first-order valence-corrected chi connectivity index (χ1v) is 7.52. The Labute approximate surface area is 118 Å². The third-order valence-electron chi connectivity index (χ3n) is 5.10. The lowest BCUT2D eigenvalue weighted by molar-refractivity contribution is 0.108. The van der Waals surface area contributed by atoms with Crippen LogP contribution in [0.1, 0.15) is 32.1 Å². The van der Waals surface area contributed by atoms with Gasteiger partial charge in [0.15, 0.2) is 0 Å². The summed E-state index contributed by atoms with van der Waals surface area (Å²) in [4.78, 5) is 8.42. The fourth-order valence-corrected chi connectivity index (χ4v) is 4.47. The number of hydrogen-bond acceptors (Lipinski definition) is 5. The summed E-state index contributed by atoms with van der Waals surface area (Å²) in [6.45, 7) is 0. The molecular formula is C15H20N4O. The van der Waals surface area contributed by atoms with E-state index < -0.39 is 0 Å². The fourth-order valence-electron chi connectivity index (χ4n) is 4.47. The number of rotatable bonds is 3. The lowest BCUT2D eigenvalue weighted by Crippen LogP contribution is -2.45. The van der Waals surface area contributed by atoms with E-state index in [9.17, 15) is 0 Å². The second-order valence-corrected chi connectivity index (χ2v) is 6.38. The average molecular weight is 272 g/mol. The average Bonchev–Trinajstić information content (AvgIpc) is 2.46. The summed E-state index contributed by atoms with van der Waals surface area (Å²) in [6, 6.07) is 1.74. The molecule has 106 valence electrons. The summed E-state index contributed by atoms with van der Waals surface area (Å²) in [5, 5.41) is 4.65. The predicted octanol–water partition coefficient (Wildman–Crippen LogP) is 2.71. The van der Waals surface area contributed by atoms with E-state index >= 15 is 0 Å². The number of nitrogens with one attached hydrogen (secondary N) is 1. The van der Waals surface area contributed by atoms with Gasteiger partial charge in [-0.05, 0) is 55.8 Å². The number of hydrazone groups is 1. The van der Waals surface area contributed by atoms with Crippen LogP contribution in [0.4, 0.5) is 5.95 Å². The molecule has 0 radical (unpaired) electrons. The Hall–Kier alpha value is -1.65. The van der Waals surface area contributed by atoms with Crippen molar-refractivity contribution in [2.45, 2.75) is 32.1 Å². The number of methoxy groups -OCH3 is 1. The molecule has 0 amide bonds. The van der Waals surface area contributed by atoms with Crippen molar-refractivity contribution in [2.24, 2.45) is 28.8 Å². The van der Waals surface area contributed by atoms with E-state index in [1.165, 1.54) is 37.8 Å². The van der Waals surface area contributed by atoms with E-state index in [1.54, 1.807) is 19.4 Å². The molecule has 1 N–H and O–H groups in total. The first-order valence-electron chi connectivity index (χ1n) is 7.52. The predicted molar refractivity (Wildman–Crippen MR) is 76.7 cm³/mol. The maximum Gasteiger partial charge on any atom is 0.246 e. The van der Waals surface area contributed by atoms with Gasteiger partial charge in [-0.2, -0.15) is 10.1 Å². The number of aromatic nitrogens is 2. The van der Waals surface area contributed by atoms with Crippen LogP contribution in [0.5, 0.6) is 5.88 Å². The van der Waals surface area contributed by atoms with Crippen molar-refractivity contribution in [1.29, 1.82) is 0 Å². The maximum atomic E-state index is 5.10. The van der Waals surface area contributed by atoms with Crippen molar-refractivity contribution in [1.82, 2.24) is 9.97 Å². The van der Waals surface area contributed by atoms with Crippen LogP contribution in [-0.4, -0.2) is 22.8 Å². The van der Waals surface area contributed by atoms with Crippen molar-refractivity contribution < 1.29 is 4.74 Å². The highest BCUT2D eigenvalue weighted by atomic mass is 16.5. The molecule has 1 heterocycles. The van der Waals surface area contributed by atoms with Crippen molar-refractivity contribution in [3.63, 3.8) is 0 Å². The quantitative estimate of drug-likeness (QED) is 0.859.